The molecule has 0 spiro atoms. The number of rotatable bonds is 3. The fourth-order valence-electron chi connectivity index (χ4n) is 1.14. The largest absolute Gasteiger partial charge is 0.481 e. The van der Waals surface area contributed by atoms with Crippen LogP contribution in [0.5, 0.6) is 0 Å². The van der Waals surface area contributed by atoms with Crippen LogP contribution < -0.4 is 5.73 Å². The van der Waals surface area contributed by atoms with E-state index in [2.05, 4.69) is 0 Å². The van der Waals surface area contributed by atoms with E-state index in [-0.39, 0.29) is 0 Å². The van der Waals surface area contributed by atoms with E-state index in [9.17, 15) is 4.79 Å². The predicted molar refractivity (Wildman–Crippen MR) is 58.7 cm³/mol. The van der Waals surface area contributed by atoms with Crippen molar-refractivity contribution in [2.75, 3.05) is 12.0 Å². The Hall–Kier alpha value is -1.16. The Bertz CT molecular complexity index is 352. The molecular weight excluding hydrogens is 198 g/mol. The Morgan fingerprint density at radius 1 is 1.57 bits per heavy atom. The van der Waals surface area contributed by atoms with Gasteiger partial charge in [0, 0.05) is 10.6 Å². The molecule has 0 aliphatic rings. The number of nitrogens with two attached hydrogens (primary N) is 1. The lowest BCUT2D eigenvalue weighted by molar-refractivity contribution is -0.138. The molecule has 1 rings (SSSR count). The van der Waals surface area contributed by atoms with Crippen molar-refractivity contribution in [3.8, 4) is 0 Å². The van der Waals surface area contributed by atoms with Crippen molar-refractivity contribution in [1.82, 2.24) is 0 Å². The first-order valence-electron chi connectivity index (χ1n) is 4.22. The standard InChI is InChI=1S/C10H13NO2S/c1-6(10(12)13)7-3-4-8(11)9(5-7)14-2/h3-6H,11H2,1-2H3,(H,12,13). The molecule has 0 radical (unpaired) electrons. The first kappa shape index (κ1) is 10.9. The van der Waals surface area contributed by atoms with Gasteiger partial charge in [0.2, 0.25) is 0 Å². The zero-order valence-corrected chi connectivity index (χ0v) is 8.97. The molecule has 1 aromatic rings. The van der Waals surface area contributed by atoms with Crippen LogP contribution in [0.4, 0.5) is 5.69 Å². The second-order valence-corrected chi connectivity index (χ2v) is 3.91. The summed E-state index contributed by atoms with van der Waals surface area (Å²) in [4.78, 5) is 11.7. The van der Waals surface area contributed by atoms with E-state index in [4.69, 9.17) is 10.8 Å². The van der Waals surface area contributed by atoms with E-state index in [1.807, 2.05) is 12.3 Å². The highest BCUT2D eigenvalue weighted by Crippen LogP contribution is 2.27. The number of anilines is 1. The minimum atomic E-state index is -0.818. The minimum absolute atomic E-state index is 0.485. The van der Waals surface area contributed by atoms with Gasteiger partial charge in [-0.3, -0.25) is 4.79 Å². The second kappa shape index (κ2) is 4.37. The molecule has 0 aliphatic carbocycles. The topological polar surface area (TPSA) is 63.3 Å². The lowest BCUT2D eigenvalue weighted by atomic mass is 10.0. The van der Waals surface area contributed by atoms with Crippen LogP contribution in [0.1, 0.15) is 18.4 Å². The van der Waals surface area contributed by atoms with Gasteiger partial charge >= 0.3 is 5.97 Å². The van der Waals surface area contributed by atoms with E-state index < -0.39 is 11.9 Å². The molecule has 0 aliphatic heterocycles. The molecule has 14 heavy (non-hydrogen) atoms. The summed E-state index contributed by atoms with van der Waals surface area (Å²) < 4.78 is 0. The van der Waals surface area contributed by atoms with Gasteiger partial charge in [0.25, 0.3) is 0 Å². The SMILES string of the molecule is CSc1cc(C(C)C(=O)O)ccc1N. The highest BCUT2D eigenvalue weighted by Gasteiger charge is 2.14. The summed E-state index contributed by atoms with van der Waals surface area (Å²) in [7, 11) is 0. The molecular formula is C10H13NO2S. The number of thioether (sulfide) groups is 1. The number of aliphatic carboxylic acids is 1. The lowest BCUT2D eigenvalue weighted by Crippen LogP contribution is -2.07. The number of hydrogen-bond donors (Lipinski definition) is 2. The van der Waals surface area contributed by atoms with Gasteiger partial charge in [0.1, 0.15) is 0 Å². The maximum Gasteiger partial charge on any atom is 0.310 e. The van der Waals surface area contributed by atoms with Crippen molar-refractivity contribution in [3.05, 3.63) is 23.8 Å². The predicted octanol–water partition coefficient (Wildman–Crippen LogP) is 2.18. The Morgan fingerprint density at radius 2 is 2.21 bits per heavy atom. The molecule has 0 amide bonds. The first-order valence-corrected chi connectivity index (χ1v) is 5.45. The molecule has 0 aromatic heterocycles. The van der Waals surface area contributed by atoms with Crippen molar-refractivity contribution in [3.63, 3.8) is 0 Å². The fourth-order valence-corrected chi connectivity index (χ4v) is 1.70. The van der Waals surface area contributed by atoms with Gasteiger partial charge in [-0.15, -0.1) is 11.8 Å². The minimum Gasteiger partial charge on any atom is -0.481 e. The van der Waals surface area contributed by atoms with Gasteiger partial charge in [-0.25, -0.2) is 0 Å². The van der Waals surface area contributed by atoms with E-state index >= 15 is 0 Å². The molecule has 0 fully saturated rings. The smallest absolute Gasteiger partial charge is 0.310 e. The van der Waals surface area contributed by atoms with Crippen LogP contribution in [0, 0.1) is 0 Å². The molecule has 0 saturated heterocycles. The van der Waals surface area contributed by atoms with Crippen LogP contribution in [-0.2, 0) is 4.79 Å². The lowest BCUT2D eigenvalue weighted by Gasteiger charge is -2.09. The molecule has 4 heteroatoms. The van der Waals surface area contributed by atoms with E-state index in [0.29, 0.717) is 5.69 Å². The fraction of sp³-hybridized carbons (Fsp3) is 0.300. The third kappa shape index (κ3) is 2.20. The third-order valence-corrected chi connectivity index (χ3v) is 2.92. The van der Waals surface area contributed by atoms with Gasteiger partial charge < -0.3 is 10.8 Å². The molecule has 1 aromatic carbocycles. The van der Waals surface area contributed by atoms with Crippen LogP contribution in [0.3, 0.4) is 0 Å². The van der Waals surface area contributed by atoms with Gasteiger partial charge in [-0.05, 0) is 30.9 Å². The van der Waals surface area contributed by atoms with Gasteiger partial charge in [0.05, 0.1) is 5.92 Å². The maximum atomic E-state index is 10.7. The number of benzene rings is 1. The number of carboxylic acids is 1. The van der Waals surface area contributed by atoms with E-state index in [1.165, 1.54) is 11.8 Å². The van der Waals surface area contributed by atoms with Gasteiger partial charge in [-0.1, -0.05) is 6.07 Å². The number of carbonyl (C=O) groups is 1. The van der Waals surface area contributed by atoms with E-state index in [1.54, 1.807) is 19.1 Å². The summed E-state index contributed by atoms with van der Waals surface area (Å²) >= 11 is 1.52. The molecule has 0 heterocycles. The summed E-state index contributed by atoms with van der Waals surface area (Å²) in [5, 5.41) is 8.83. The maximum absolute atomic E-state index is 10.7. The average molecular weight is 211 g/mol. The van der Waals surface area contributed by atoms with Crippen molar-refractivity contribution in [2.24, 2.45) is 0 Å². The first-order chi connectivity index (χ1) is 6.56. The molecule has 3 N–H and O–H groups in total. The molecule has 0 bridgehead atoms. The van der Waals surface area contributed by atoms with E-state index in [0.717, 1.165) is 10.5 Å². The van der Waals surface area contributed by atoms with Gasteiger partial charge in [0.15, 0.2) is 0 Å². The Kier molecular flexibility index (Phi) is 3.41. The Labute approximate surface area is 87.3 Å². The second-order valence-electron chi connectivity index (χ2n) is 3.06. The Morgan fingerprint density at radius 3 is 2.71 bits per heavy atom. The highest BCUT2D eigenvalue weighted by molar-refractivity contribution is 7.98. The molecule has 3 nitrogen and oxygen atoms in total. The van der Waals surface area contributed by atoms with Crippen molar-refractivity contribution in [1.29, 1.82) is 0 Å². The monoisotopic (exact) mass is 211 g/mol. The van der Waals surface area contributed by atoms with Crippen molar-refractivity contribution in [2.45, 2.75) is 17.7 Å². The van der Waals surface area contributed by atoms with Crippen LogP contribution in [-0.4, -0.2) is 17.3 Å². The van der Waals surface area contributed by atoms with Crippen molar-refractivity contribution >= 4 is 23.4 Å². The van der Waals surface area contributed by atoms with Crippen LogP contribution in [0.2, 0.25) is 0 Å². The number of nitrogen functional groups attached to an aromatic ring is 1. The van der Waals surface area contributed by atoms with Crippen LogP contribution in [0.25, 0.3) is 0 Å². The highest BCUT2D eigenvalue weighted by atomic mass is 32.2. The molecule has 76 valence electrons. The summed E-state index contributed by atoms with van der Waals surface area (Å²) in [6, 6.07) is 5.34. The zero-order chi connectivity index (χ0) is 10.7. The van der Waals surface area contributed by atoms with Gasteiger partial charge in [-0.2, -0.15) is 0 Å². The average Bonchev–Trinajstić information content (AvgIpc) is 2.17. The summed E-state index contributed by atoms with van der Waals surface area (Å²) in [6.45, 7) is 1.66. The number of carboxylic acid groups (broad SMARTS) is 1. The summed E-state index contributed by atoms with van der Waals surface area (Å²) in [5.74, 6) is -1.30. The Balaban J connectivity index is 3.06. The number of hydrogen-bond acceptors (Lipinski definition) is 3. The van der Waals surface area contributed by atoms with Crippen LogP contribution in [0.15, 0.2) is 23.1 Å². The molecule has 1 unspecified atom stereocenters. The quantitative estimate of drug-likeness (QED) is 0.594. The third-order valence-electron chi connectivity index (χ3n) is 2.13. The van der Waals surface area contributed by atoms with Crippen molar-refractivity contribution < 1.29 is 9.90 Å². The molecule has 1 atom stereocenters. The zero-order valence-electron chi connectivity index (χ0n) is 8.15. The summed E-state index contributed by atoms with van der Waals surface area (Å²) in [6.07, 6.45) is 1.92. The van der Waals surface area contributed by atoms with Crippen LogP contribution >= 0.6 is 11.8 Å². The normalized spacial score (nSPS) is 12.4. The summed E-state index contributed by atoms with van der Waals surface area (Å²) in [5.41, 5.74) is 7.19. The molecule has 0 saturated carbocycles.